The van der Waals surface area contributed by atoms with E-state index in [1.165, 1.54) is 7.11 Å². The number of carbonyl (C=O) groups is 1. The minimum Gasteiger partial charge on any atom is -0.482 e. The van der Waals surface area contributed by atoms with Crippen LogP contribution in [-0.2, 0) is 4.84 Å². The van der Waals surface area contributed by atoms with Crippen LogP contribution in [0.5, 0.6) is 5.75 Å². The first kappa shape index (κ1) is 16.7. The second-order valence-corrected chi connectivity index (χ2v) is 4.46. The van der Waals surface area contributed by atoms with Gasteiger partial charge in [0.05, 0.1) is 11.2 Å². The van der Waals surface area contributed by atoms with Crippen LogP contribution in [0.25, 0.3) is 0 Å². The molecular weight excluding hydrogens is 368 g/mol. The number of aromatic nitrogens is 1. The van der Waals surface area contributed by atoms with Gasteiger partial charge in [-0.1, -0.05) is 16.8 Å². The summed E-state index contributed by atoms with van der Waals surface area (Å²) in [5.41, 5.74) is -0.196. The van der Waals surface area contributed by atoms with Crippen molar-refractivity contribution >= 4 is 37.9 Å². The first-order valence-corrected chi connectivity index (χ1v) is 6.08. The molecule has 0 saturated heterocycles. The molecule has 0 aliphatic heterocycles. The topological polar surface area (TPSA) is 60.8 Å². The van der Waals surface area contributed by atoms with Gasteiger partial charge < -0.3 is 9.57 Å². The van der Waals surface area contributed by atoms with E-state index in [4.69, 9.17) is 11.6 Å². The van der Waals surface area contributed by atoms with E-state index < -0.39 is 18.6 Å². The zero-order chi connectivity index (χ0) is 15.3. The molecule has 0 unspecified atom stereocenters. The fourth-order valence-corrected chi connectivity index (χ4v) is 1.63. The van der Waals surface area contributed by atoms with Crippen LogP contribution in [0.3, 0.4) is 0 Å². The van der Waals surface area contributed by atoms with Gasteiger partial charge >= 0.3 is 6.18 Å². The Morgan fingerprint density at radius 3 is 2.70 bits per heavy atom. The highest BCUT2D eigenvalue weighted by molar-refractivity contribution is 9.19. The van der Waals surface area contributed by atoms with Crippen molar-refractivity contribution < 1.29 is 27.5 Å². The number of oxime groups is 1. The molecule has 0 amide bonds. The Hall–Kier alpha value is -1.35. The fraction of sp³-hybridized carbons (Fsp3) is 0.300. The van der Waals surface area contributed by atoms with Gasteiger partial charge in [0.2, 0.25) is 5.78 Å². The van der Waals surface area contributed by atoms with Crippen molar-refractivity contribution in [3.63, 3.8) is 0 Å². The molecule has 0 spiro atoms. The van der Waals surface area contributed by atoms with E-state index in [9.17, 15) is 18.0 Å². The number of halogens is 5. The summed E-state index contributed by atoms with van der Waals surface area (Å²) in [4.78, 5) is 19.8. The predicted octanol–water partition coefficient (Wildman–Crippen LogP) is 3.21. The number of carbonyl (C=O) groups excluding carboxylic acids is 1. The van der Waals surface area contributed by atoms with E-state index in [1.807, 2.05) is 0 Å². The lowest BCUT2D eigenvalue weighted by atomic mass is 10.2. The second-order valence-electron chi connectivity index (χ2n) is 3.30. The molecule has 1 rings (SSSR count). The lowest BCUT2D eigenvalue weighted by Gasteiger charge is -2.09. The molecule has 0 aliphatic carbocycles. The summed E-state index contributed by atoms with van der Waals surface area (Å²) in [5.74, 6) is -0.886. The van der Waals surface area contributed by atoms with Crippen molar-refractivity contribution in [2.45, 2.75) is 6.18 Å². The fourth-order valence-electron chi connectivity index (χ4n) is 1.05. The third-order valence-electron chi connectivity index (χ3n) is 1.79. The van der Waals surface area contributed by atoms with Crippen LogP contribution < -0.4 is 4.74 Å². The number of nitrogens with zero attached hydrogens (tertiary/aromatic N) is 2. The normalized spacial score (nSPS) is 12.2. The standard InChI is InChI=1S/C10H7BrClF3N2O3/c1-19-17-9(11)8(18)7-6(12)2-5(3-16-7)20-4-10(13,14)15/h2-3H,4H2,1H3. The number of alkyl halides is 3. The summed E-state index contributed by atoms with van der Waals surface area (Å²) >= 11 is 8.60. The molecular formula is C10H7BrClF3N2O3. The summed E-state index contributed by atoms with van der Waals surface area (Å²) in [5, 5.41) is 3.17. The molecule has 0 atom stereocenters. The van der Waals surface area contributed by atoms with Crippen LogP contribution in [0.15, 0.2) is 17.4 Å². The molecule has 5 nitrogen and oxygen atoms in total. The number of hydrogen-bond donors (Lipinski definition) is 0. The van der Waals surface area contributed by atoms with Gasteiger partial charge in [-0.2, -0.15) is 13.2 Å². The first-order valence-electron chi connectivity index (χ1n) is 4.91. The number of Topliss-reactive ketones (excluding diaryl/α,β-unsaturated/α-hetero) is 1. The van der Waals surface area contributed by atoms with Crippen molar-refractivity contribution in [2.24, 2.45) is 5.16 Å². The van der Waals surface area contributed by atoms with Gasteiger partial charge in [-0.05, 0) is 15.9 Å². The Bertz CT molecular complexity index is 537. The third kappa shape index (κ3) is 4.97. The maximum absolute atomic E-state index is 12.0. The van der Waals surface area contributed by atoms with E-state index >= 15 is 0 Å². The quantitative estimate of drug-likeness (QED) is 0.450. The highest BCUT2D eigenvalue weighted by Crippen LogP contribution is 2.23. The molecule has 1 aromatic rings. The minimum atomic E-state index is -4.48. The van der Waals surface area contributed by atoms with E-state index in [0.29, 0.717) is 0 Å². The summed E-state index contributed by atoms with van der Waals surface area (Å²) in [6.45, 7) is -1.48. The van der Waals surface area contributed by atoms with Crippen molar-refractivity contribution in [1.29, 1.82) is 0 Å². The molecule has 110 valence electrons. The molecule has 0 aromatic carbocycles. The number of ether oxygens (including phenoxy) is 1. The van der Waals surface area contributed by atoms with E-state index in [0.717, 1.165) is 12.3 Å². The molecule has 1 heterocycles. The largest absolute Gasteiger partial charge is 0.482 e. The van der Waals surface area contributed by atoms with Crippen molar-refractivity contribution in [1.82, 2.24) is 4.98 Å². The second kappa shape index (κ2) is 6.89. The highest BCUT2D eigenvalue weighted by atomic mass is 79.9. The van der Waals surface area contributed by atoms with Gasteiger partial charge in [0.15, 0.2) is 11.2 Å². The number of rotatable bonds is 5. The molecule has 20 heavy (non-hydrogen) atoms. The summed E-state index contributed by atoms with van der Waals surface area (Å²) < 4.78 is 40.2. The smallest absolute Gasteiger partial charge is 0.422 e. The Morgan fingerprint density at radius 2 is 2.20 bits per heavy atom. The maximum atomic E-state index is 12.0. The van der Waals surface area contributed by atoms with Gasteiger partial charge in [-0.15, -0.1) is 0 Å². The zero-order valence-corrected chi connectivity index (χ0v) is 12.2. The number of hydrogen-bond acceptors (Lipinski definition) is 5. The van der Waals surface area contributed by atoms with Crippen molar-refractivity contribution in [3.8, 4) is 5.75 Å². The van der Waals surface area contributed by atoms with Gasteiger partial charge in [0.1, 0.15) is 18.6 Å². The van der Waals surface area contributed by atoms with Crippen LogP contribution >= 0.6 is 27.5 Å². The van der Waals surface area contributed by atoms with Crippen LogP contribution in [0, 0.1) is 0 Å². The lowest BCUT2D eigenvalue weighted by molar-refractivity contribution is -0.153. The predicted molar refractivity (Wildman–Crippen MR) is 68.5 cm³/mol. The third-order valence-corrected chi connectivity index (χ3v) is 2.59. The molecule has 10 heteroatoms. The van der Waals surface area contributed by atoms with Crippen molar-refractivity contribution in [3.05, 3.63) is 23.0 Å². The van der Waals surface area contributed by atoms with Gasteiger partial charge in [-0.25, -0.2) is 4.98 Å². The van der Waals surface area contributed by atoms with Crippen molar-refractivity contribution in [2.75, 3.05) is 13.7 Å². The molecule has 0 fully saturated rings. The lowest BCUT2D eigenvalue weighted by Crippen LogP contribution is -2.19. The average molecular weight is 376 g/mol. The maximum Gasteiger partial charge on any atom is 0.422 e. The van der Waals surface area contributed by atoms with E-state index in [2.05, 4.69) is 35.6 Å². The Labute approximate surface area is 124 Å². The molecule has 0 bridgehead atoms. The van der Waals surface area contributed by atoms with E-state index in [1.54, 1.807) is 0 Å². The van der Waals surface area contributed by atoms with Crippen LogP contribution in [-0.4, -0.2) is 35.3 Å². The SMILES string of the molecule is CON=C(Br)C(=O)c1ncc(OCC(F)(F)F)cc1Cl. The molecule has 0 saturated carbocycles. The minimum absolute atomic E-state index is 0.169. The molecule has 0 aliphatic rings. The molecule has 1 aromatic heterocycles. The van der Waals surface area contributed by atoms with Crippen LogP contribution in [0.1, 0.15) is 10.5 Å². The van der Waals surface area contributed by atoms with E-state index in [-0.39, 0.29) is 21.1 Å². The molecule has 0 N–H and O–H groups in total. The summed E-state index contributed by atoms with van der Waals surface area (Å²) in [7, 11) is 1.23. The average Bonchev–Trinajstić information content (AvgIpc) is 2.35. The summed E-state index contributed by atoms with van der Waals surface area (Å²) in [6.07, 6.45) is -3.52. The first-order chi connectivity index (χ1) is 9.24. The Kier molecular flexibility index (Phi) is 5.75. The zero-order valence-electron chi connectivity index (χ0n) is 9.87. The molecule has 0 radical (unpaired) electrons. The number of ketones is 1. The Morgan fingerprint density at radius 1 is 1.55 bits per heavy atom. The van der Waals surface area contributed by atoms with Crippen LogP contribution in [0.4, 0.5) is 13.2 Å². The Balaban J connectivity index is 2.88. The van der Waals surface area contributed by atoms with Gasteiger partial charge in [-0.3, -0.25) is 4.79 Å². The van der Waals surface area contributed by atoms with Gasteiger partial charge in [0.25, 0.3) is 0 Å². The number of pyridine rings is 1. The van der Waals surface area contributed by atoms with Crippen LogP contribution in [0.2, 0.25) is 5.02 Å². The summed E-state index contributed by atoms with van der Waals surface area (Å²) in [6, 6.07) is 1.06. The monoisotopic (exact) mass is 374 g/mol. The van der Waals surface area contributed by atoms with Gasteiger partial charge in [0, 0.05) is 6.07 Å². The highest BCUT2D eigenvalue weighted by Gasteiger charge is 2.28.